The van der Waals surface area contributed by atoms with Crippen LogP contribution < -0.4 is 0 Å². The number of benzene rings is 1. The Morgan fingerprint density at radius 1 is 0.862 bits per heavy atom. The first-order chi connectivity index (χ1) is 14.2. The normalized spacial score (nSPS) is 27.8. The number of halogens is 1. The quantitative estimate of drug-likeness (QED) is 0.374. The van der Waals surface area contributed by atoms with Crippen LogP contribution in [0.2, 0.25) is 0 Å². The Hall–Kier alpha value is -0.930. The first-order valence-corrected chi connectivity index (χ1v) is 12.2. The van der Waals surface area contributed by atoms with Gasteiger partial charge < -0.3 is 9.47 Å². The van der Waals surface area contributed by atoms with E-state index in [4.69, 9.17) is 9.47 Å². The molecule has 0 aromatic heterocycles. The lowest BCUT2D eigenvalue weighted by molar-refractivity contribution is -0.215. The number of unbranched alkanes of at least 4 members (excludes halogenated alkanes) is 4. The van der Waals surface area contributed by atoms with Crippen molar-refractivity contribution in [3.05, 3.63) is 35.1 Å². The van der Waals surface area contributed by atoms with Gasteiger partial charge in [0.05, 0.1) is 13.2 Å². The van der Waals surface area contributed by atoms with Crippen molar-refractivity contribution in [2.45, 2.75) is 97.2 Å². The highest BCUT2D eigenvalue weighted by Crippen LogP contribution is 2.39. The monoisotopic (exact) mass is 404 g/mol. The molecule has 0 unspecified atom stereocenters. The summed E-state index contributed by atoms with van der Waals surface area (Å²) in [6.07, 6.45) is 14.7. The molecule has 2 nitrogen and oxygen atoms in total. The highest BCUT2D eigenvalue weighted by molar-refractivity contribution is 5.25. The van der Waals surface area contributed by atoms with Crippen LogP contribution in [0.5, 0.6) is 0 Å². The largest absolute Gasteiger partial charge is 0.348 e. The van der Waals surface area contributed by atoms with Crippen molar-refractivity contribution < 1.29 is 13.9 Å². The molecule has 29 heavy (non-hydrogen) atoms. The Bertz CT molecular complexity index is 586. The molecule has 1 saturated carbocycles. The summed E-state index contributed by atoms with van der Waals surface area (Å²) in [6, 6.07) is 5.57. The van der Waals surface area contributed by atoms with Gasteiger partial charge in [-0.1, -0.05) is 77.3 Å². The Labute approximate surface area is 177 Å². The first kappa shape index (κ1) is 22.7. The third kappa shape index (κ3) is 6.79. The van der Waals surface area contributed by atoms with Crippen LogP contribution >= 0.6 is 0 Å². The zero-order chi connectivity index (χ0) is 20.5. The maximum atomic E-state index is 14.6. The molecular formula is C26H41FO2. The standard InChI is InChI=1S/C26H41FO2/c1-3-5-7-9-20-11-14-22(15-12-20)23-18-28-26(29-19-23)24-16-13-21(17-25(24)27)10-8-6-4-2/h13,16-17,20,22-23,26H,3-12,14-15,18-19H2,1-2H3. The molecule has 1 aromatic rings. The second-order valence-electron chi connectivity index (χ2n) is 9.35. The summed E-state index contributed by atoms with van der Waals surface area (Å²) in [4.78, 5) is 0. The molecule has 0 bridgehead atoms. The van der Waals surface area contributed by atoms with Gasteiger partial charge >= 0.3 is 0 Å². The predicted octanol–water partition coefficient (Wildman–Crippen LogP) is 7.61. The van der Waals surface area contributed by atoms with Crippen molar-refractivity contribution in [2.75, 3.05) is 13.2 Å². The molecule has 0 atom stereocenters. The van der Waals surface area contributed by atoms with Gasteiger partial charge in [-0.3, -0.25) is 0 Å². The minimum Gasteiger partial charge on any atom is -0.348 e. The third-order valence-electron chi connectivity index (χ3n) is 7.09. The van der Waals surface area contributed by atoms with E-state index in [0.717, 1.165) is 24.3 Å². The predicted molar refractivity (Wildman–Crippen MR) is 117 cm³/mol. The lowest BCUT2D eigenvalue weighted by atomic mass is 9.74. The summed E-state index contributed by atoms with van der Waals surface area (Å²) in [5.74, 6) is 1.93. The summed E-state index contributed by atoms with van der Waals surface area (Å²) in [7, 11) is 0. The van der Waals surface area contributed by atoms with Crippen LogP contribution in [0.4, 0.5) is 4.39 Å². The Kier molecular flexibility index (Phi) is 9.45. The average Bonchev–Trinajstić information content (AvgIpc) is 2.75. The van der Waals surface area contributed by atoms with E-state index in [2.05, 4.69) is 13.8 Å². The topological polar surface area (TPSA) is 18.5 Å². The molecule has 0 amide bonds. The maximum absolute atomic E-state index is 14.6. The van der Waals surface area contributed by atoms with E-state index in [9.17, 15) is 4.39 Å². The van der Waals surface area contributed by atoms with Crippen molar-refractivity contribution in [3.8, 4) is 0 Å². The SMILES string of the molecule is CCCCCc1ccc(C2OCC(C3CCC(CCCCC)CC3)CO2)c(F)c1. The number of hydrogen-bond acceptors (Lipinski definition) is 2. The van der Waals surface area contributed by atoms with E-state index in [0.29, 0.717) is 30.6 Å². The van der Waals surface area contributed by atoms with Crippen LogP contribution in [0.3, 0.4) is 0 Å². The van der Waals surface area contributed by atoms with Gasteiger partial charge in [0.25, 0.3) is 0 Å². The van der Waals surface area contributed by atoms with Gasteiger partial charge in [-0.25, -0.2) is 4.39 Å². The Morgan fingerprint density at radius 3 is 2.21 bits per heavy atom. The minimum absolute atomic E-state index is 0.185. The van der Waals surface area contributed by atoms with Crippen molar-refractivity contribution >= 4 is 0 Å². The molecule has 0 N–H and O–H groups in total. The number of hydrogen-bond donors (Lipinski definition) is 0. The number of rotatable bonds is 10. The van der Waals surface area contributed by atoms with Crippen LogP contribution in [-0.2, 0) is 15.9 Å². The molecular weight excluding hydrogens is 363 g/mol. The molecule has 1 aliphatic heterocycles. The molecule has 3 heteroatoms. The van der Waals surface area contributed by atoms with E-state index in [1.54, 1.807) is 6.07 Å². The fourth-order valence-electron chi connectivity index (χ4n) is 5.10. The van der Waals surface area contributed by atoms with E-state index in [-0.39, 0.29) is 5.82 Å². The van der Waals surface area contributed by atoms with Crippen molar-refractivity contribution in [3.63, 3.8) is 0 Å². The second-order valence-corrected chi connectivity index (χ2v) is 9.35. The molecule has 1 heterocycles. The highest BCUT2D eigenvalue weighted by atomic mass is 19.1. The minimum atomic E-state index is -0.540. The molecule has 2 fully saturated rings. The summed E-state index contributed by atoms with van der Waals surface area (Å²) in [5, 5.41) is 0. The van der Waals surface area contributed by atoms with Gasteiger partial charge in [-0.15, -0.1) is 0 Å². The van der Waals surface area contributed by atoms with Crippen LogP contribution in [0.1, 0.15) is 102 Å². The van der Waals surface area contributed by atoms with Gasteiger partial charge in [0.1, 0.15) is 5.82 Å². The Balaban J connectivity index is 1.42. The molecule has 3 rings (SSSR count). The van der Waals surface area contributed by atoms with Crippen molar-refractivity contribution in [2.24, 2.45) is 17.8 Å². The number of ether oxygens (including phenoxy) is 2. The van der Waals surface area contributed by atoms with Crippen molar-refractivity contribution in [1.82, 2.24) is 0 Å². The maximum Gasteiger partial charge on any atom is 0.186 e. The fourth-order valence-corrected chi connectivity index (χ4v) is 5.10. The van der Waals surface area contributed by atoms with E-state index in [1.165, 1.54) is 64.2 Å². The molecule has 0 radical (unpaired) electrons. The van der Waals surface area contributed by atoms with Gasteiger partial charge in [0, 0.05) is 11.5 Å². The second kappa shape index (κ2) is 12.1. The lowest BCUT2D eigenvalue weighted by Gasteiger charge is -2.38. The summed E-state index contributed by atoms with van der Waals surface area (Å²) < 4.78 is 26.6. The van der Waals surface area contributed by atoms with Crippen LogP contribution in [0.15, 0.2) is 18.2 Å². The summed E-state index contributed by atoms with van der Waals surface area (Å²) >= 11 is 0. The van der Waals surface area contributed by atoms with E-state index >= 15 is 0 Å². The van der Waals surface area contributed by atoms with E-state index in [1.807, 2.05) is 12.1 Å². The average molecular weight is 405 g/mol. The molecule has 2 aliphatic rings. The smallest absolute Gasteiger partial charge is 0.186 e. The lowest BCUT2D eigenvalue weighted by Crippen LogP contribution is -2.34. The number of aryl methyl sites for hydroxylation is 1. The highest BCUT2D eigenvalue weighted by Gasteiger charge is 2.33. The van der Waals surface area contributed by atoms with E-state index < -0.39 is 6.29 Å². The summed E-state index contributed by atoms with van der Waals surface area (Å²) in [5.41, 5.74) is 1.63. The third-order valence-corrected chi connectivity index (χ3v) is 7.09. The fraction of sp³-hybridized carbons (Fsp3) is 0.769. The zero-order valence-electron chi connectivity index (χ0n) is 18.6. The van der Waals surface area contributed by atoms with Gasteiger partial charge in [0.2, 0.25) is 0 Å². The molecule has 1 aliphatic carbocycles. The zero-order valence-corrected chi connectivity index (χ0v) is 18.6. The van der Waals surface area contributed by atoms with Gasteiger partial charge in [-0.05, 0) is 49.1 Å². The molecule has 1 saturated heterocycles. The summed E-state index contributed by atoms with van der Waals surface area (Å²) in [6.45, 7) is 5.87. The molecule has 164 valence electrons. The molecule has 1 aromatic carbocycles. The van der Waals surface area contributed by atoms with Crippen LogP contribution in [-0.4, -0.2) is 13.2 Å². The van der Waals surface area contributed by atoms with Crippen LogP contribution in [0, 0.1) is 23.6 Å². The van der Waals surface area contributed by atoms with Gasteiger partial charge in [-0.2, -0.15) is 0 Å². The van der Waals surface area contributed by atoms with Gasteiger partial charge in [0.15, 0.2) is 6.29 Å². The molecule has 0 spiro atoms. The van der Waals surface area contributed by atoms with Crippen LogP contribution in [0.25, 0.3) is 0 Å². The Morgan fingerprint density at radius 2 is 1.55 bits per heavy atom. The first-order valence-electron chi connectivity index (χ1n) is 12.2. The van der Waals surface area contributed by atoms with Crippen molar-refractivity contribution in [1.29, 1.82) is 0 Å².